The molecule has 146 valence electrons. The highest BCUT2D eigenvalue weighted by molar-refractivity contribution is 7.99. The largest absolute Gasteiger partial charge is 0.508 e. The lowest BCUT2D eigenvalue weighted by atomic mass is 10.1. The molecule has 0 aliphatic heterocycles. The first kappa shape index (κ1) is 19.9. The van der Waals surface area contributed by atoms with E-state index in [1.807, 2.05) is 0 Å². The monoisotopic (exact) mass is 406 g/mol. The molecule has 0 saturated heterocycles. The second kappa shape index (κ2) is 8.43. The van der Waals surface area contributed by atoms with Crippen LogP contribution in [0.1, 0.15) is 17.5 Å². The SMILES string of the molecule is Cc1c(O)ccc2c(COC(=O)CCSc3ccc(F)c(F)c3)cc(=O)oc12. The zero-order chi connectivity index (χ0) is 20.3. The quantitative estimate of drug-likeness (QED) is 0.373. The van der Waals surface area contributed by atoms with E-state index in [2.05, 4.69) is 0 Å². The van der Waals surface area contributed by atoms with Crippen molar-refractivity contribution in [2.45, 2.75) is 24.8 Å². The summed E-state index contributed by atoms with van der Waals surface area (Å²) >= 11 is 1.20. The molecule has 0 spiro atoms. The number of hydrogen-bond acceptors (Lipinski definition) is 6. The predicted molar refractivity (Wildman–Crippen MR) is 100 cm³/mol. The summed E-state index contributed by atoms with van der Waals surface area (Å²) in [4.78, 5) is 24.2. The number of rotatable bonds is 6. The van der Waals surface area contributed by atoms with E-state index >= 15 is 0 Å². The van der Waals surface area contributed by atoms with Crippen LogP contribution in [0.15, 0.2) is 50.5 Å². The number of carbonyl (C=O) groups is 1. The number of phenolic OH excluding ortho intramolecular Hbond substituents is 1. The highest BCUT2D eigenvalue weighted by atomic mass is 32.2. The van der Waals surface area contributed by atoms with Gasteiger partial charge in [0.05, 0.1) is 6.42 Å². The number of benzene rings is 2. The molecule has 0 aliphatic rings. The molecule has 2 aromatic carbocycles. The van der Waals surface area contributed by atoms with E-state index in [1.165, 1.54) is 30.0 Å². The summed E-state index contributed by atoms with van der Waals surface area (Å²) < 4.78 is 36.4. The van der Waals surface area contributed by atoms with Gasteiger partial charge < -0.3 is 14.3 Å². The molecule has 3 rings (SSSR count). The van der Waals surface area contributed by atoms with Crippen LogP contribution in [0, 0.1) is 18.6 Å². The van der Waals surface area contributed by atoms with Crippen molar-refractivity contribution in [3.63, 3.8) is 0 Å². The van der Waals surface area contributed by atoms with E-state index < -0.39 is 23.2 Å². The summed E-state index contributed by atoms with van der Waals surface area (Å²) in [5, 5.41) is 10.3. The van der Waals surface area contributed by atoms with E-state index in [0.717, 1.165) is 12.1 Å². The number of aromatic hydroxyl groups is 1. The van der Waals surface area contributed by atoms with Gasteiger partial charge in [0.25, 0.3) is 0 Å². The molecule has 0 fully saturated rings. The van der Waals surface area contributed by atoms with Gasteiger partial charge in [-0.3, -0.25) is 4.79 Å². The van der Waals surface area contributed by atoms with Gasteiger partial charge in [-0.15, -0.1) is 11.8 Å². The van der Waals surface area contributed by atoms with Crippen molar-refractivity contribution in [2.24, 2.45) is 0 Å². The fourth-order valence-electron chi connectivity index (χ4n) is 2.58. The first-order valence-corrected chi connectivity index (χ1v) is 9.32. The maximum Gasteiger partial charge on any atom is 0.336 e. The van der Waals surface area contributed by atoms with Gasteiger partial charge >= 0.3 is 11.6 Å². The number of thioether (sulfide) groups is 1. The lowest BCUT2D eigenvalue weighted by Gasteiger charge is -2.09. The lowest BCUT2D eigenvalue weighted by Crippen LogP contribution is -2.08. The molecule has 28 heavy (non-hydrogen) atoms. The third kappa shape index (κ3) is 4.51. The minimum Gasteiger partial charge on any atom is -0.508 e. The van der Waals surface area contributed by atoms with Crippen molar-refractivity contribution >= 4 is 28.7 Å². The van der Waals surface area contributed by atoms with Crippen molar-refractivity contribution < 1.29 is 27.8 Å². The second-order valence-corrected chi connectivity index (χ2v) is 7.18. The third-order valence-corrected chi connectivity index (χ3v) is 5.07. The number of carbonyl (C=O) groups excluding carboxylic acids is 1. The van der Waals surface area contributed by atoms with Gasteiger partial charge in [0, 0.05) is 33.2 Å². The third-order valence-electron chi connectivity index (χ3n) is 4.07. The highest BCUT2D eigenvalue weighted by Crippen LogP contribution is 2.28. The number of phenols is 1. The number of esters is 1. The Bertz CT molecular complexity index is 1090. The Morgan fingerprint density at radius 1 is 1.18 bits per heavy atom. The number of ether oxygens (including phenoxy) is 1. The summed E-state index contributed by atoms with van der Waals surface area (Å²) in [6.07, 6.45) is 0.0584. The van der Waals surface area contributed by atoms with Crippen LogP contribution in [0.4, 0.5) is 8.78 Å². The van der Waals surface area contributed by atoms with Gasteiger partial charge in [0.1, 0.15) is 17.9 Å². The molecule has 1 heterocycles. The molecule has 0 aliphatic carbocycles. The van der Waals surface area contributed by atoms with Crippen molar-refractivity contribution in [1.29, 1.82) is 0 Å². The summed E-state index contributed by atoms with van der Waals surface area (Å²) in [7, 11) is 0. The first-order valence-electron chi connectivity index (χ1n) is 8.34. The van der Waals surface area contributed by atoms with Crippen LogP contribution in [0.5, 0.6) is 5.75 Å². The van der Waals surface area contributed by atoms with Crippen LogP contribution in [0.3, 0.4) is 0 Å². The molecule has 0 atom stereocenters. The van der Waals surface area contributed by atoms with Crippen LogP contribution in [-0.2, 0) is 16.1 Å². The van der Waals surface area contributed by atoms with E-state index in [-0.39, 0.29) is 24.4 Å². The summed E-state index contributed by atoms with van der Waals surface area (Å²) in [6.45, 7) is 1.49. The highest BCUT2D eigenvalue weighted by Gasteiger charge is 2.13. The molecule has 0 radical (unpaired) electrons. The zero-order valence-electron chi connectivity index (χ0n) is 14.8. The first-order chi connectivity index (χ1) is 13.3. The van der Waals surface area contributed by atoms with Crippen LogP contribution >= 0.6 is 11.8 Å². The lowest BCUT2D eigenvalue weighted by molar-refractivity contribution is -0.144. The van der Waals surface area contributed by atoms with Crippen LogP contribution in [0.25, 0.3) is 11.0 Å². The number of halogens is 2. The van der Waals surface area contributed by atoms with Crippen molar-refractivity contribution in [3.8, 4) is 5.75 Å². The Hall–Kier alpha value is -2.87. The topological polar surface area (TPSA) is 76.7 Å². The smallest absolute Gasteiger partial charge is 0.336 e. The molecule has 0 unspecified atom stereocenters. The molecule has 0 saturated carbocycles. The Kier molecular flexibility index (Phi) is 5.99. The van der Waals surface area contributed by atoms with Gasteiger partial charge in [-0.2, -0.15) is 0 Å². The molecule has 1 N–H and O–H groups in total. The van der Waals surface area contributed by atoms with Crippen molar-refractivity contribution in [1.82, 2.24) is 0 Å². The molecular formula is C20H16F2O5S. The molecule has 3 aromatic rings. The minimum absolute atomic E-state index is 0.000880. The maximum absolute atomic E-state index is 13.2. The Morgan fingerprint density at radius 2 is 1.96 bits per heavy atom. The van der Waals surface area contributed by atoms with Gasteiger partial charge in [-0.1, -0.05) is 0 Å². The minimum atomic E-state index is -0.941. The van der Waals surface area contributed by atoms with Crippen molar-refractivity contribution in [3.05, 3.63) is 69.6 Å². The van der Waals surface area contributed by atoms with Crippen molar-refractivity contribution in [2.75, 3.05) is 5.75 Å². The summed E-state index contributed by atoms with van der Waals surface area (Å²) in [5.74, 6) is -2.03. The Balaban J connectivity index is 1.61. The van der Waals surface area contributed by atoms with Crippen LogP contribution in [0.2, 0.25) is 0 Å². The molecular weight excluding hydrogens is 390 g/mol. The van der Waals surface area contributed by atoms with E-state index in [0.29, 0.717) is 27.2 Å². The van der Waals surface area contributed by atoms with Crippen LogP contribution < -0.4 is 5.63 Å². The van der Waals surface area contributed by atoms with Gasteiger partial charge in [-0.05, 0) is 37.3 Å². The predicted octanol–water partition coefficient (Wildman–Crippen LogP) is 4.31. The van der Waals surface area contributed by atoms with Crippen LogP contribution in [-0.4, -0.2) is 16.8 Å². The summed E-state index contributed by atoms with van der Waals surface area (Å²) in [6, 6.07) is 7.83. The molecule has 5 nitrogen and oxygen atoms in total. The average molecular weight is 406 g/mol. The zero-order valence-corrected chi connectivity index (χ0v) is 15.6. The van der Waals surface area contributed by atoms with Gasteiger partial charge in [-0.25, -0.2) is 13.6 Å². The van der Waals surface area contributed by atoms with Gasteiger partial charge in [0.2, 0.25) is 0 Å². The molecule has 8 heteroatoms. The Morgan fingerprint density at radius 3 is 2.71 bits per heavy atom. The van der Waals surface area contributed by atoms with E-state index in [1.54, 1.807) is 13.0 Å². The molecule has 0 amide bonds. The van der Waals surface area contributed by atoms with E-state index in [9.17, 15) is 23.5 Å². The number of aryl methyl sites for hydroxylation is 1. The van der Waals surface area contributed by atoms with E-state index in [4.69, 9.17) is 9.15 Å². The number of hydrogen-bond donors (Lipinski definition) is 1. The molecule has 1 aromatic heterocycles. The second-order valence-electron chi connectivity index (χ2n) is 6.01. The summed E-state index contributed by atoms with van der Waals surface area (Å²) in [5.41, 5.74) is 0.523. The number of fused-ring (bicyclic) bond motifs is 1. The fraction of sp³-hybridized carbons (Fsp3) is 0.200. The average Bonchev–Trinajstić information content (AvgIpc) is 2.66. The van der Waals surface area contributed by atoms with Gasteiger partial charge in [0.15, 0.2) is 11.6 Å². The molecule has 0 bridgehead atoms. The maximum atomic E-state index is 13.2. The fourth-order valence-corrected chi connectivity index (χ4v) is 3.44. The normalized spacial score (nSPS) is 11.0. The Labute approximate surface area is 162 Å². The standard InChI is InChI=1S/C20H16F2O5S/c1-11-17(23)5-3-14-12(8-19(25)27-20(11)14)10-26-18(24)6-7-28-13-2-4-15(21)16(22)9-13/h2-5,8-9,23H,6-7,10H2,1H3.